The summed E-state index contributed by atoms with van der Waals surface area (Å²) in [5.74, 6) is 3.09. The van der Waals surface area contributed by atoms with Crippen LogP contribution in [0, 0.1) is 0 Å². The lowest BCUT2D eigenvalue weighted by molar-refractivity contribution is -0.130. The Balaban J connectivity index is 0.000000219. The van der Waals surface area contributed by atoms with Crippen molar-refractivity contribution in [3.8, 4) is 34.5 Å². The number of nitrogens with one attached hydrogen (secondary N) is 2. The van der Waals surface area contributed by atoms with Crippen molar-refractivity contribution in [3.63, 3.8) is 0 Å². The summed E-state index contributed by atoms with van der Waals surface area (Å²) in [6, 6.07) is 62.4. The third-order valence-corrected chi connectivity index (χ3v) is 13.7. The molecule has 8 aromatic carbocycles. The van der Waals surface area contributed by atoms with Gasteiger partial charge in [0.25, 0.3) is 5.91 Å². The highest BCUT2D eigenvalue weighted by molar-refractivity contribution is 6.03. The van der Waals surface area contributed by atoms with Crippen molar-refractivity contribution < 1.29 is 47.6 Å². The molecule has 12 rings (SSSR count). The van der Waals surface area contributed by atoms with E-state index < -0.39 is 11.9 Å². The minimum absolute atomic E-state index is 0.170. The Morgan fingerprint density at radius 2 is 0.702 bits per heavy atom. The zero-order valence-corrected chi connectivity index (χ0v) is 56.0. The number of ether oxygens (including phenoxy) is 6. The number of fused-ring (bicyclic) bond motifs is 4. The van der Waals surface area contributed by atoms with Gasteiger partial charge in [-0.3, -0.25) is 9.59 Å². The first-order chi connectivity index (χ1) is 45.8. The summed E-state index contributed by atoms with van der Waals surface area (Å²) in [6.45, 7) is 38.3. The zero-order chi connectivity index (χ0) is 68.4. The molecule has 2 amide bonds. The molecule has 4 aliphatic heterocycles. The Morgan fingerprint density at radius 3 is 1.01 bits per heavy atom. The lowest BCUT2D eigenvalue weighted by Crippen LogP contribution is -2.31. The number of hydrogen-bond acceptors (Lipinski definition) is 14. The van der Waals surface area contributed by atoms with E-state index in [4.69, 9.17) is 28.4 Å². The van der Waals surface area contributed by atoms with Gasteiger partial charge in [0.05, 0.1) is 0 Å². The van der Waals surface area contributed by atoms with Gasteiger partial charge < -0.3 is 58.7 Å². The average molecular weight is 1270 g/mol. The number of amides is 2. The van der Waals surface area contributed by atoms with Crippen LogP contribution in [0.25, 0.3) is 0 Å². The molecule has 4 heterocycles. The van der Waals surface area contributed by atoms with Crippen molar-refractivity contribution >= 4 is 57.9 Å². The number of rotatable bonds is 12. The fourth-order valence-corrected chi connectivity index (χ4v) is 9.21. The van der Waals surface area contributed by atoms with E-state index in [-0.39, 0.29) is 11.8 Å². The molecule has 492 valence electrons. The zero-order valence-electron chi connectivity index (χ0n) is 56.0. The largest absolute Gasteiger partial charge is 0.473 e. The molecule has 8 aromatic rings. The first-order valence-electron chi connectivity index (χ1n) is 31.6. The number of hydrogen-bond donors (Lipinski definition) is 2. The predicted octanol–water partition coefficient (Wildman–Crippen LogP) is 17.5. The highest BCUT2D eigenvalue weighted by Crippen LogP contribution is 2.35. The molecule has 0 fully saturated rings. The second-order valence-electron chi connectivity index (χ2n) is 20.1. The van der Waals surface area contributed by atoms with E-state index in [0.29, 0.717) is 62.7 Å². The molecule has 16 nitrogen and oxygen atoms in total. The lowest BCUT2D eigenvalue weighted by atomic mass is 10.1. The van der Waals surface area contributed by atoms with Gasteiger partial charge in [-0.2, -0.15) is 0 Å². The Labute approximate surface area is 556 Å². The van der Waals surface area contributed by atoms with Crippen LogP contribution in [0.15, 0.2) is 244 Å². The SMILES string of the molecule is C=C(C)C(=O)Nc1ccc2c(c1)CN(c1ccccc1)CO2.C=C(C)C(=O)Oc1ccc2c(c1)CN(c1ccccc1)CO2.C=CC(=O)Nc1ccc2c(c1)CN(c1ccccc1)CO2.C=CC(=O)Oc1ccc2c(c1)CN(c1ccccc1)CO2.CC.CC.CC.CC. The van der Waals surface area contributed by atoms with Crippen LogP contribution in [0.2, 0.25) is 0 Å². The van der Waals surface area contributed by atoms with Crippen molar-refractivity contribution in [1.29, 1.82) is 0 Å². The predicted molar refractivity (Wildman–Crippen MR) is 382 cm³/mol. The second-order valence-corrected chi connectivity index (χ2v) is 20.1. The Hall–Kier alpha value is -11.0. The number of carbonyl (C=O) groups is 4. The molecule has 4 aliphatic rings. The molecule has 0 unspecified atom stereocenters. The second kappa shape index (κ2) is 39.3. The molecule has 2 N–H and O–H groups in total. The highest BCUT2D eigenvalue weighted by atomic mass is 16.5. The molecule has 0 aliphatic carbocycles. The fourth-order valence-electron chi connectivity index (χ4n) is 9.21. The number of carbonyl (C=O) groups excluding carboxylic acids is 4. The fraction of sp³-hybridized carbons (Fsp3) is 0.231. The van der Waals surface area contributed by atoms with E-state index in [1.54, 1.807) is 26.0 Å². The van der Waals surface area contributed by atoms with Gasteiger partial charge in [0.1, 0.15) is 34.5 Å². The van der Waals surface area contributed by atoms with Crippen molar-refractivity contribution in [2.24, 2.45) is 0 Å². The minimum atomic E-state index is -0.466. The summed E-state index contributed by atoms with van der Waals surface area (Å²) in [4.78, 5) is 54.5. The molecular weight excluding hydrogens is 1180 g/mol. The Bertz CT molecular complexity index is 3490. The van der Waals surface area contributed by atoms with Crippen LogP contribution >= 0.6 is 0 Å². The number of para-hydroxylation sites is 4. The number of esters is 2. The number of anilines is 6. The summed E-state index contributed by atoms with van der Waals surface area (Å²) in [5.41, 5.74) is 10.9. The van der Waals surface area contributed by atoms with Gasteiger partial charge in [0, 0.05) is 99.8 Å². The quantitative estimate of drug-likeness (QED) is 0.0675. The van der Waals surface area contributed by atoms with Gasteiger partial charge in [-0.25, -0.2) is 9.59 Å². The standard InChI is InChI=1S/C18H18N2O2.C18H17NO3.C17H16N2O2.C17H15NO3.4C2H6/c1-13(2)18(21)19-15-8-9-17-14(10-15)11-20(12-22-17)16-6-4-3-5-7-16;1-13(2)18(20)22-16-8-9-17-14(10-16)11-19(12-21-17)15-6-4-3-5-7-15;1-2-17(20)18-14-8-9-16-13(10-14)11-19(12-21-16)15-6-4-3-5-7-15;1-2-17(19)21-15-8-9-16-13(10-15)11-18(12-20-16)14-6-4-3-5-7-14;4*1-2/h3-10H,1,11-12H2,2H3,(H,19,21);3-10H,1,11-12H2,2H3;2-10H,1,11-12H2,(H,18,20);2-10H,1,11-12H2;4*1-2H3. The van der Waals surface area contributed by atoms with Crippen LogP contribution in [-0.2, 0) is 45.4 Å². The van der Waals surface area contributed by atoms with E-state index in [1.807, 2.05) is 213 Å². The van der Waals surface area contributed by atoms with Gasteiger partial charge in [0.15, 0.2) is 26.9 Å². The van der Waals surface area contributed by atoms with Crippen LogP contribution in [0.1, 0.15) is 91.5 Å². The molecule has 0 bridgehead atoms. The summed E-state index contributed by atoms with van der Waals surface area (Å²) in [5, 5.41) is 5.60. The van der Waals surface area contributed by atoms with E-state index in [1.165, 1.54) is 6.08 Å². The third kappa shape index (κ3) is 22.1. The first kappa shape index (κ1) is 73.7. The van der Waals surface area contributed by atoms with E-state index in [2.05, 4.69) is 80.8 Å². The van der Waals surface area contributed by atoms with Gasteiger partial charge in [-0.05, 0) is 141 Å². The first-order valence-corrected chi connectivity index (χ1v) is 31.6. The van der Waals surface area contributed by atoms with Crippen LogP contribution in [-0.4, -0.2) is 50.7 Å². The third-order valence-electron chi connectivity index (χ3n) is 13.7. The average Bonchev–Trinajstić information content (AvgIpc) is 0.923. The summed E-state index contributed by atoms with van der Waals surface area (Å²) in [7, 11) is 0. The van der Waals surface area contributed by atoms with Gasteiger partial charge in [0.2, 0.25) is 5.91 Å². The maximum Gasteiger partial charge on any atom is 0.338 e. The topological polar surface area (TPSA) is 161 Å². The van der Waals surface area contributed by atoms with Gasteiger partial charge >= 0.3 is 11.9 Å². The Kier molecular flexibility index (Phi) is 30.8. The van der Waals surface area contributed by atoms with E-state index in [9.17, 15) is 19.2 Å². The molecule has 16 heteroatoms. The normalized spacial score (nSPS) is 12.2. The molecule has 0 saturated carbocycles. The van der Waals surface area contributed by atoms with Crippen molar-refractivity contribution in [2.45, 2.75) is 95.4 Å². The molecule has 0 radical (unpaired) electrons. The molecular formula is C78H90N6O10. The van der Waals surface area contributed by atoms with Crippen molar-refractivity contribution in [3.05, 3.63) is 266 Å². The Morgan fingerprint density at radius 1 is 0.394 bits per heavy atom. The molecule has 0 saturated heterocycles. The summed E-state index contributed by atoms with van der Waals surface area (Å²) < 4.78 is 33.5. The monoisotopic (exact) mass is 1270 g/mol. The molecule has 94 heavy (non-hydrogen) atoms. The van der Waals surface area contributed by atoms with Crippen molar-refractivity contribution in [1.82, 2.24) is 0 Å². The van der Waals surface area contributed by atoms with Gasteiger partial charge in [-0.1, -0.05) is 155 Å². The van der Waals surface area contributed by atoms with Crippen LogP contribution in [0.3, 0.4) is 0 Å². The molecule has 0 aromatic heterocycles. The minimum Gasteiger partial charge on any atom is -0.473 e. The summed E-state index contributed by atoms with van der Waals surface area (Å²) >= 11 is 0. The van der Waals surface area contributed by atoms with Gasteiger partial charge in [-0.15, -0.1) is 0 Å². The van der Waals surface area contributed by atoms with Crippen LogP contribution in [0.5, 0.6) is 34.5 Å². The van der Waals surface area contributed by atoms with E-state index >= 15 is 0 Å². The van der Waals surface area contributed by atoms with E-state index in [0.717, 1.165) is 98.5 Å². The van der Waals surface area contributed by atoms with Crippen LogP contribution < -0.4 is 58.7 Å². The smallest absolute Gasteiger partial charge is 0.338 e. The number of benzene rings is 8. The maximum atomic E-state index is 11.7. The maximum absolute atomic E-state index is 11.7. The number of nitrogens with zero attached hydrogens (tertiary/aromatic N) is 4. The van der Waals surface area contributed by atoms with Crippen molar-refractivity contribution in [2.75, 3.05) is 57.2 Å². The summed E-state index contributed by atoms with van der Waals surface area (Å²) in [6.07, 6.45) is 2.40. The lowest BCUT2D eigenvalue weighted by Gasteiger charge is -2.31. The molecule has 0 atom stereocenters. The highest BCUT2D eigenvalue weighted by Gasteiger charge is 2.23. The van der Waals surface area contributed by atoms with Crippen LogP contribution in [0.4, 0.5) is 34.1 Å². The molecule has 0 spiro atoms.